The molecule has 2 N–H and O–H groups in total. The number of hydrogen-bond donors (Lipinski definition) is 2. The van der Waals surface area contributed by atoms with Gasteiger partial charge in [-0.1, -0.05) is 31.0 Å². The fourth-order valence-corrected chi connectivity index (χ4v) is 3.02. The van der Waals surface area contributed by atoms with Crippen LogP contribution >= 0.6 is 0 Å². The van der Waals surface area contributed by atoms with E-state index in [1.807, 2.05) is 18.2 Å². The Morgan fingerprint density at radius 1 is 1.32 bits per heavy atom. The highest BCUT2D eigenvalue weighted by molar-refractivity contribution is 5.35. The molecule has 0 spiro atoms. The van der Waals surface area contributed by atoms with E-state index in [1.165, 1.54) is 18.4 Å². The molecule has 3 heteroatoms. The predicted octanol–water partition coefficient (Wildman–Crippen LogP) is 2.90. The first kappa shape index (κ1) is 14.4. The Kier molecular flexibility index (Phi) is 4.83. The maximum Gasteiger partial charge on any atom is 0.123 e. The fourth-order valence-electron chi connectivity index (χ4n) is 3.02. The Morgan fingerprint density at radius 3 is 2.63 bits per heavy atom. The zero-order chi connectivity index (χ0) is 13.7. The summed E-state index contributed by atoms with van der Waals surface area (Å²) in [5.74, 6) is 0.923. The molecule has 1 unspecified atom stereocenters. The van der Waals surface area contributed by atoms with E-state index in [-0.39, 0.29) is 11.5 Å². The highest BCUT2D eigenvalue weighted by Gasteiger charge is 2.33. The van der Waals surface area contributed by atoms with Crippen molar-refractivity contribution in [3.05, 3.63) is 29.8 Å². The number of benzene rings is 1. The van der Waals surface area contributed by atoms with Gasteiger partial charge in [-0.05, 0) is 25.8 Å². The van der Waals surface area contributed by atoms with Crippen LogP contribution in [0.2, 0.25) is 0 Å². The summed E-state index contributed by atoms with van der Waals surface area (Å²) in [6.07, 6.45) is 4.75. The van der Waals surface area contributed by atoms with Crippen LogP contribution in [-0.2, 0) is 0 Å². The molecule has 1 fully saturated rings. The molecular weight excluding hydrogens is 238 g/mol. The topological polar surface area (TPSA) is 41.5 Å². The number of aliphatic hydroxyl groups is 1. The minimum absolute atomic E-state index is 0.0935. The molecule has 1 aromatic rings. The van der Waals surface area contributed by atoms with Crippen molar-refractivity contribution in [1.29, 1.82) is 0 Å². The van der Waals surface area contributed by atoms with Crippen molar-refractivity contribution in [2.24, 2.45) is 5.41 Å². The number of hydrogen-bond acceptors (Lipinski definition) is 3. The molecule has 19 heavy (non-hydrogen) atoms. The Bertz CT molecular complexity index is 399. The van der Waals surface area contributed by atoms with E-state index in [0.29, 0.717) is 6.61 Å². The minimum Gasteiger partial charge on any atom is -0.496 e. The molecule has 0 aliphatic heterocycles. The maximum atomic E-state index is 9.64. The number of rotatable bonds is 6. The van der Waals surface area contributed by atoms with Crippen LogP contribution in [0.5, 0.6) is 5.75 Å². The van der Waals surface area contributed by atoms with Gasteiger partial charge in [0, 0.05) is 30.2 Å². The molecule has 2 rings (SSSR count). The van der Waals surface area contributed by atoms with Crippen molar-refractivity contribution in [3.8, 4) is 5.75 Å². The molecule has 0 aromatic heterocycles. The van der Waals surface area contributed by atoms with E-state index in [2.05, 4.69) is 18.3 Å². The molecule has 3 nitrogen and oxygen atoms in total. The van der Waals surface area contributed by atoms with Gasteiger partial charge in [0.05, 0.1) is 7.11 Å². The molecule has 0 heterocycles. The van der Waals surface area contributed by atoms with E-state index >= 15 is 0 Å². The van der Waals surface area contributed by atoms with Crippen molar-refractivity contribution in [1.82, 2.24) is 5.32 Å². The van der Waals surface area contributed by atoms with Crippen LogP contribution in [-0.4, -0.2) is 25.4 Å². The third-order valence-electron chi connectivity index (χ3n) is 4.39. The van der Waals surface area contributed by atoms with Crippen LogP contribution in [0.3, 0.4) is 0 Å². The first-order chi connectivity index (χ1) is 9.21. The number of para-hydroxylation sites is 1. The second-order valence-corrected chi connectivity index (χ2v) is 5.71. The van der Waals surface area contributed by atoms with Gasteiger partial charge < -0.3 is 15.2 Å². The second-order valence-electron chi connectivity index (χ2n) is 5.71. The smallest absolute Gasteiger partial charge is 0.123 e. The molecule has 0 radical (unpaired) electrons. The number of methoxy groups -OCH3 is 1. The lowest BCUT2D eigenvalue weighted by Crippen LogP contribution is -2.36. The van der Waals surface area contributed by atoms with Gasteiger partial charge in [0.2, 0.25) is 0 Å². The quantitative estimate of drug-likeness (QED) is 0.829. The molecule has 1 saturated carbocycles. The van der Waals surface area contributed by atoms with Crippen LogP contribution in [0.1, 0.15) is 44.2 Å². The first-order valence-electron chi connectivity index (χ1n) is 7.18. The Balaban J connectivity index is 1.99. The third kappa shape index (κ3) is 3.28. The van der Waals surface area contributed by atoms with Crippen molar-refractivity contribution < 1.29 is 9.84 Å². The molecular formula is C16H25NO2. The van der Waals surface area contributed by atoms with Gasteiger partial charge in [-0.3, -0.25) is 0 Å². The highest BCUT2D eigenvalue weighted by Crippen LogP contribution is 2.37. The number of ether oxygens (including phenoxy) is 1. The summed E-state index contributed by atoms with van der Waals surface area (Å²) in [4.78, 5) is 0. The summed E-state index contributed by atoms with van der Waals surface area (Å²) in [6.45, 7) is 3.32. The second kappa shape index (κ2) is 6.40. The van der Waals surface area contributed by atoms with Crippen molar-refractivity contribution in [3.63, 3.8) is 0 Å². The van der Waals surface area contributed by atoms with Crippen LogP contribution in [0.4, 0.5) is 0 Å². The van der Waals surface area contributed by atoms with Gasteiger partial charge in [-0.2, -0.15) is 0 Å². The Hall–Kier alpha value is -1.06. The lowest BCUT2D eigenvalue weighted by molar-refractivity contribution is 0.125. The Morgan fingerprint density at radius 2 is 2.00 bits per heavy atom. The zero-order valence-electron chi connectivity index (χ0n) is 12.0. The average molecular weight is 263 g/mol. The summed E-state index contributed by atoms with van der Waals surface area (Å²) in [6, 6.07) is 8.34. The summed E-state index contributed by atoms with van der Waals surface area (Å²) in [5.41, 5.74) is 1.27. The van der Waals surface area contributed by atoms with Crippen LogP contribution in [0, 0.1) is 5.41 Å². The molecule has 0 bridgehead atoms. The minimum atomic E-state index is 0.0935. The summed E-state index contributed by atoms with van der Waals surface area (Å²) < 4.78 is 5.40. The SMILES string of the molecule is COc1ccccc1C(C)NCC1(CO)CCCC1. The largest absolute Gasteiger partial charge is 0.496 e. The molecule has 1 aliphatic carbocycles. The van der Waals surface area contributed by atoms with Gasteiger partial charge in [0.15, 0.2) is 0 Å². The predicted molar refractivity (Wildman–Crippen MR) is 77.4 cm³/mol. The van der Waals surface area contributed by atoms with Gasteiger partial charge in [0.1, 0.15) is 5.75 Å². The standard InChI is InChI=1S/C16H25NO2/c1-13(14-7-3-4-8-15(14)19-2)17-11-16(12-18)9-5-6-10-16/h3-4,7-8,13,17-18H,5-6,9-12H2,1-2H3. The van der Waals surface area contributed by atoms with E-state index in [1.54, 1.807) is 7.11 Å². The normalized spacial score (nSPS) is 19.3. The maximum absolute atomic E-state index is 9.64. The molecule has 106 valence electrons. The molecule has 0 saturated heterocycles. The fraction of sp³-hybridized carbons (Fsp3) is 0.625. The van der Waals surface area contributed by atoms with Gasteiger partial charge in [0.25, 0.3) is 0 Å². The van der Waals surface area contributed by atoms with Crippen LogP contribution in [0.15, 0.2) is 24.3 Å². The van der Waals surface area contributed by atoms with E-state index in [0.717, 1.165) is 25.1 Å². The van der Waals surface area contributed by atoms with E-state index < -0.39 is 0 Å². The lowest BCUT2D eigenvalue weighted by atomic mass is 9.87. The van der Waals surface area contributed by atoms with Gasteiger partial charge in [-0.15, -0.1) is 0 Å². The highest BCUT2D eigenvalue weighted by atomic mass is 16.5. The number of nitrogens with one attached hydrogen (secondary N) is 1. The van der Waals surface area contributed by atoms with Gasteiger partial charge >= 0.3 is 0 Å². The molecule has 0 amide bonds. The van der Waals surface area contributed by atoms with Crippen molar-refractivity contribution in [2.75, 3.05) is 20.3 Å². The van der Waals surface area contributed by atoms with Gasteiger partial charge in [-0.25, -0.2) is 0 Å². The third-order valence-corrected chi connectivity index (χ3v) is 4.39. The summed E-state index contributed by atoms with van der Waals surface area (Å²) in [5, 5.41) is 13.2. The molecule has 1 aliphatic rings. The lowest BCUT2D eigenvalue weighted by Gasteiger charge is -2.29. The monoisotopic (exact) mass is 263 g/mol. The Labute approximate surface area is 116 Å². The molecule has 1 atom stereocenters. The van der Waals surface area contributed by atoms with Crippen LogP contribution < -0.4 is 10.1 Å². The summed E-state index contributed by atoms with van der Waals surface area (Å²) in [7, 11) is 1.71. The van der Waals surface area contributed by atoms with E-state index in [4.69, 9.17) is 4.74 Å². The summed E-state index contributed by atoms with van der Waals surface area (Å²) >= 11 is 0. The van der Waals surface area contributed by atoms with Crippen LogP contribution in [0.25, 0.3) is 0 Å². The average Bonchev–Trinajstić information content (AvgIpc) is 2.94. The molecule has 1 aromatic carbocycles. The number of aliphatic hydroxyl groups excluding tert-OH is 1. The zero-order valence-corrected chi connectivity index (χ0v) is 12.0. The van der Waals surface area contributed by atoms with Crippen molar-refractivity contribution >= 4 is 0 Å². The first-order valence-corrected chi connectivity index (χ1v) is 7.18. The van der Waals surface area contributed by atoms with Crippen molar-refractivity contribution in [2.45, 2.75) is 38.6 Å². The van der Waals surface area contributed by atoms with E-state index in [9.17, 15) is 5.11 Å².